The second kappa shape index (κ2) is 1.55. The van der Waals surface area contributed by atoms with Gasteiger partial charge in [-0.1, -0.05) is 0 Å². The number of hydrogen-bond acceptors (Lipinski definition) is 1. The lowest BCUT2D eigenvalue weighted by atomic mass is 9.83. The fourth-order valence-electron chi connectivity index (χ4n) is 0.677. The highest BCUT2D eigenvalue weighted by atomic mass is 16.3. The van der Waals surface area contributed by atoms with Crippen LogP contribution in [0.3, 0.4) is 0 Å². The van der Waals surface area contributed by atoms with Gasteiger partial charge in [0.25, 0.3) is 0 Å². The van der Waals surface area contributed by atoms with E-state index in [9.17, 15) is 0 Å². The quantitative estimate of drug-likeness (QED) is 0.432. The van der Waals surface area contributed by atoms with Gasteiger partial charge >= 0.3 is 0 Å². The number of aliphatic hydroxyl groups excluding tert-OH is 1. The van der Waals surface area contributed by atoms with E-state index in [2.05, 4.69) is 5.92 Å². The largest absolute Gasteiger partial charge is 0.392 e. The average molecular weight is 96.1 g/mol. The minimum absolute atomic E-state index is 0.167. The summed E-state index contributed by atoms with van der Waals surface area (Å²) in [6.45, 7) is 0. The highest BCUT2D eigenvalue weighted by Crippen LogP contribution is 2.25. The van der Waals surface area contributed by atoms with Crippen molar-refractivity contribution in [2.45, 2.75) is 18.9 Å². The monoisotopic (exact) mass is 96.1 g/mol. The molecule has 1 saturated carbocycles. The van der Waals surface area contributed by atoms with Crippen LogP contribution in [0.5, 0.6) is 0 Å². The molecule has 1 N–H and O–H groups in total. The van der Waals surface area contributed by atoms with Crippen molar-refractivity contribution in [3.8, 4) is 12.3 Å². The Morgan fingerprint density at radius 1 is 1.57 bits per heavy atom. The summed E-state index contributed by atoms with van der Waals surface area (Å²) < 4.78 is 0. The first kappa shape index (κ1) is 4.67. The summed E-state index contributed by atoms with van der Waals surface area (Å²) in [6.07, 6.45) is 6.73. The first-order valence-electron chi connectivity index (χ1n) is 2.49. The van der Waals surface area contributed by atoms with Gasteiger partial charge in [-0.25, -0.2) is 0 Å². The van der Waals surface area contributed by atoms with Crippen LogP contribution in [0.1, 0.15) is 12.8 Å². The molecule has 38 valence electrons. The summed E-state index contributed by atoms with van der Waals surface area (Å²) in [6, 6.07) is 0. The van der Waals surface area contributed by atoms with E-state index in [0.717, 1.165) is 12.8 Å². The van der Waals surface area contributed by atoms with Crippen LogP contribution in [0.25, 0.3) is 0 Å². The number of aliphatic hydroxyl groups is 1. The summed E-state index contributed by atoms with van der Waals surface area (Å²) in [5.41, 5.74) is 0. The molecule has 0 aromatic carbocycles. The van der Waals surface area contributed by atoms with Crippen molar-refractivity contribution < 1.29 is 5.11 Å². The minimum Gasteiger partial charge on any atom is -0.392 e. The van der Waals surface area contributed by atoms with Crippen molar-refractivity contribution in [3.63, 3.8) is 0 Å². The van der Waals surface area contributed by atoms with E-state index in [-0.39, 0.29) is 12.0 Å². The van der Waals surface area contributed by atoms with Crippen molar-refractivity contribution in [2.75, 3.05) is 0 Å². The topological polar surface area (TPSA) is 20.2 Å². The van der Waals surface area contributed by atoms with Crippen molar-refractivity contribution in [1.29, 1.82) is 0 Å². The highest BCUT2D eigenvalue weighted by molar-refractivity contribution is 5.02. The van der Waals surface area contributed by atoms with Gasteiger partial charge in [-0.15, -0.1) is 12.3 Å². The lowest BCUT2D eigenvalue weighted by molar-refractivity contribution is 0.0550. The molecule has 0 heterocycles. The van der Waals surface area contributed by atoms with Gasteiger partial charge in [-0.3, -0.25) is 0 Å². The van der Waals surface area contributed by atoms with E-state index in [1.54, 1.807) is 0 Å². The molecule has 0 radical (unpaired) electrons. The van der Waals surface area contributed by atoms with E-state index < -0.39 is 0 Å². The molecule has 0 bridgehead atoms. The smallest absolute Gasteiger partial charge is 0.0678 e. The first-order valence-corrected chi connectivity index (χ1v) is 2.49. The zero-order valence-corrected chi connectivity index (χ0v) is 4.09. The molecule has 0 aliphatic heterocycles. The Bertz CT molecular complexity index is 101. The molecule has 0 saturated heterocycles. The van der Waals surface area contributed by atoms with E-state index in [1.807, 2.05) is 0 Å². The van der Waals surface area contributed by atoms with E-state index in [1.165, 1.54) is 0 Å². The molecule has 1 heteroatoms. The van der Waals surface area contributed by atoms with E-state index in [4.69, 9.17) is 11.5 Å². The van der Waals surface area contributed by atoms with Crippen LogP contribution in [0.15, 0.2) is 0 Å². The van der Waals surface area contributed by atoms with Crippen LogP contribution in [0.4, 0.5) is 0 Å². The lowest BCUT2D eigenvalue weighted by Crippen LogP contribution is -2.29. The molecule has 1 rings (SSSR count). The molecule has 1 aliphatic carbocycles. The Morgan fingerprint density at radius 2 is 2.29 bits per heavy atom. The van der Waals surface area contributed by atoms with E-state index >= 15 is 0 Å². The van der Waals surface area contributed by atoms with Crippen LogP contribution >= 0.6 is 0 Å². The van der Waals surface area contributed by atoms with Crippen molar-refractivity contribution >= 4 is 0 Å². The molecule has 7 heavy (non-hydrogen) atoms. The molecule has 0 aromatic rings. The van der Waals surface area contributed by atoms with Gasteiger partial charge in [0.2, 0.25) is 0 Å². The van der Waals surface area contributed by atoms with Crippen LogP contribution in [0.2, 0.25) is 0 Å². The number of terminal acetylenes is 1. The summed E-state index contributed by atoms with van der Waals surface area (Å²) in [5, 5.41) is 8.77. The fourth-order valence-corrected chi connectivity index (χ4v) is 0.677. The zero-order chi connectivity index (χ0) is 5.28. The zero-order valence-electron chi connectivity index (χ0n) is 4.09. The second-order valence-corrected chi connectivity index (χ2v) is 1.92. The molecular weight excluding hydrogens is 88.1 g/mol. The van der Waals surface area contributed by atoms with Crippen LogP contribution < -0.4 is 0 Å². The summed E-state index contributed by atoms with van der Waals surface area (Å²) in [4.78, 5) is 0. The Hall–Kier alpha value is -0.480. The van der Waals surface area contributed by atoms with Crippen LogP contribution in [-0.2, 0) is 0 Å². The SMILES string of the molecule is C#CC1CCC1O. The average Bonchev–Trinajstić information content (AvgIpc) is 1.65. The highest BCUT2D eigenvalue weighted by Gasteiger charge is 2.25. The third kappa shape index (κ3) is 0.618. The maximum Gasteiger partial charge on any atom is 0.0678 e. The Kier molecular flexibility index (Phi) is 1.04. The minimum atomic E-state index is -0.190. The van der Waals surface area contributed by atoms with Gasteiger partial charge in [0.15, 0.2) is 0 Å². The molecule has 1 aliphatic rings. The lowest BCUT2D eigenvalue weighted by Gasteiger charge is -2.27. The van der Waals surface area contributed by atoms with Crippen molar-refractivity contribution in [3.05, 3.63) is 0 Å². The first-order chi connectivity index (χ1) is 3.34. The molecule has 0 aromatic heterocycles. The standard InChI is InChI=1S/C6H8O/c1-2-5-3-4-6(5)7/h1,5-7H,3-4H2. The molecule has 1 fully saturated rings. The Balaban J connectivity index is 2.33. The van der Waals surface area contributed by atoms with Gasteiger partial charge in [0, 0.05) is 5.92 Å². The summed E-state index contributed by atoms with van der Waals surface area (Å²) in [5.74, 6) is 2.67. The predicted molar refractivity (Wildman–Crippen MR) is 27.6 cm³/mol. The third-order valence-corrected chi connectivity index (χ3v) is 1.45. The van der Waals surface area contributed by atoms with Crippen LogP contribution in [-0.4, -0.2) is 11.2 Å². The molecule has 0 amide bonds. The normalized spacial score (nSPS) is 38.9. The number of hydrogen-bond donors (Lipinski definition) is 1. The molecule has 2 unspecified atom stereocenters. The van der Waals surface area contributed by atoms with Gasteiger partial charge in [0.1, 0.15) is 0 Å². The Labute approximate surface area is 43.4 Å². The van der Waals surface area contributed by atoms with Gasteiger partial charge in [-0.05, 0) is 12.8 Å². The third-order valence-electron chi connectivity index (χ3n) is 1.45. The molecule has 0 spiro atoms. The molecule has 2 atom stereocenters. The van der Waals surface area contributed by atoms with Gasteiger partial charge < -0.3 is 5.11 Å². The van der Waals surface area contributed by atoms with Crippen LogP contribution in [0, 0.1) is 18.3 Å². The number of rotatable bonds is 0. The fraction of sp³-hybridized carbons (Fsp3) is 0.667. The molecular formula is C6H8O. The Morgan fingerprint density at radius 3 is 2.29 bits per heavy atom. The summed E-state index contributed by atoms with van der Waals surface area (Å²) >= 11 is 0. The predicted octanol–water partition coefficient (Wildman–Crippen LogP) is 0.390. The van der Waals surface area contributed by atoms with Gasteiger partial charge in [-0.2, -0.15) is 0 Å². The van der Waals surface area contributed by atoms with Crippen molar-refractivity contribution in [2.24, 2.45) is 5.92 Å². The maximum absolute atomic E-state index is 8.77. The molecule has 1 nitrogen and oxygen atoms in total. The van der Waals surface area contributed by atoms with Crippen molar-refractivity contribution in [1.82, 2.24) is 0 Å². The van der Waals surface area contributed by atoms with Gasteiger partial charge in [0.05, 0.1) is 6.10 Å². The maximum atomic E-state index is 8.77. The van der Waals surface area contributed by atoms with E-state index in [0.29, 0.717) is 0 Å². The second-order valence-electron chi connectivity index (χ2n) is 1.92. The summed E-state index contributed by atoms with van der Waals surface area (Å²) in [7, 11) is 0.